The topological polar surface area (TPSA) is 121 Å². The summed E-state index contributed by atoms with van der Waals surface area (Å²) in [5, 5.41) is 25.6. The lowest BCUT2D eigenvalue weighted by Gasteiger charge is -2.34. The Labute approximate surface area is 193 Å². The summed E-state index contributed by atoms with van der Waals surface area (Å²) in [5.41, 5.74) is 2.12. The van der Waals surface area contributed by atoms with E-state index in [1.807, 2.05) is 17.0 Å². The molecule has 3 N–H and O–H groups in total. The number of carbonyl (C=O) groups excluding carboxylic acids is 1. The van der Waals surface area contributed by atoms with E-state index in [0.717, 1.165) is 57.9 Å². The zero-order valence-corrected chi connectivity index (χ0v) is 19.0. The molecule has 5 rings (SSSR count). The van der Waals surface area contributed by atoms with E-state index in [1.165, 1.54) is 11.9 Å². The first-order valence-corrected chi connectivity index (χ1v) is 11.7. The number of aromatic nitrogens is 3. The summed E-state index contributed by atoms with van der Waals surface area (Å²) in [4.78, 5) is 28.1. The zero-order chi connectivity index (χ0) is 23.4. The normalized spacial score (nSPS) is 27.4. The van der Waals surface area contributed by atoms with E-state index < -0.39 is 12.1 Å². The molecule has 178 valence electrons. The molecular weight excluding hydrogens is 422 g/mol. The Kier molecular flexibility index (Phi) is 7.39. The minimum atomic E-state index is -0.833. The number of piperidine rings is 1. The van der Waals surface area contributed by atoms with E-state index in [0.29, 0.717) is 24.2 Å². The van der Waals surface area contributed by atoms with Gasteiger partial charge in [0.1, 0.15) is 12.7 Å². The van der Waals surface area contributed by atoms with E-state index in [2.05, 4.69) is 27.5 Å². The second kappa shape index (κ2) is 10.4. The molecule has 3 aliphatic rings. The third-order valence-corrected chi connectivity index (χ3v) is 7.14. The molecule has 33 heavy (non-hydrogen) atoms. The Balaban J connectivity index is 0.000000601. The number of nitrogens with zero attached hydrogens (tertiary/aromatic N) is 4. The standard InChI is InChI=1S/C22H29N5O2.C2H4O2/c28-21-10-19-12-26(11-18(19)9-20(21)27-14-24-13-25-27)22(29)17-3-1-15(2-4-17)16-5-7-23-8-6-16;1-2(3)4/h1-4,13-14,16,18-21,23,28H,5-12H2;1H3,(H,3,4)/t18-,19+,20-,21-;/m1./s1. The lowest BCUT2D eigenvalue weighted by molar-refractivity contribution is -0.134. The molecule has 1 amide bonds. The first-order chi connectivity index (χ1) is 15.9. The molecule has 1 saturated carbocycles. The Hall–Kier alpha value is -2.78. The third-order valence-electron chi connectivity index (χ3n) is 7.14. The monoisotopic (exact) mass is 455 g/mol. The maximum atomic E-state index is 13.1. The van der Waals surface area contributed by atoms with Crippen molar-refractivity contribution in [3.8, 4) is 0 Å². The van der Waals surface area contributed by atoms with E-state index in [-0.39, 0.29) is 11.9 Å². The molecule has 3 heterocycles. The Bertz CT molecular complexity index is 923. The number of hydrogen-bond donors (Lipinski definition) is 3. The van der Waals surface area contributed by atoms with Crippen LogP contribution in [0.25, 0.3) is 0 Å². The number of aliphatic hydroxyl groups is 1. The van der Waals surface area contributed by atoms with Gasteiger partial charge in [-0.15, -0.1) is 0 Å². The van der Waals surface area contributed by atoms with Crippen LogP contribution in [0.15, 0.2) is 36.9 Å². The fourth-order valence-electron chi connectivity index (χ4n) is 5.48. The molecule has 1 aromatic heterocycles. The lowest BCUT2D eigenvalue weighted by atomic mass is 9.77. The fourth-order valence-corrected chi connectivity index (χ4v) is 5.48. The maximum absolute atomic E-state index is 13.1. The number of rotatable bonds is 3. The average molecular weight is 456 g/mol. The summed E-state index contributed by atoms with van der Waals surface area (Å²) in [6, 6.07) is 8.22. The molecular formula is C24H33N5O4. The van der Waals surface area contributed by atoms with Crippen LogP contribution in [0, 0.1) is 11.8 Å². The van der Waals surface area contributed by atoms with Crippen molar-refractivity contribution >= 4 is 11.9 Å². The molecule has 1 aromatic carbocycles. The number of carbonyl (C=O) groups is 2. The van der Waals surface area contributed by atoms with Crippen LogP contribution in [-0.4, -0.2) is 74.0 Å². The van der Waals surface area contributed by atoms with Crippen molar-refractivity contribution in [2.45, 2.75) is 50.7 Å². The van der Waals surface area contributed by atoms with Gasteiger partial charge in [0.25, 0.3) is 11.9 Å². The minimum Gasteiger partial charge on any atom is -0.481 e. The first kappa shape index (κ1) is 23.4. The molecule has 0 spiro atoms. The second-order valence-electron chi connectivity index (χ2n) is 9.38. The van der Waals surface area contributed by atoms with Crippen LogP contribution in [0.5, 0.6) is 0 Å². The molecule has 9 heteroatoms. The van der Waals surface area contributed by atoms with E-state index in [9.17, 15) is 9.90 Å². The van der Waals surface area contributed by atoms with Gasteiger partial charge in [-0.25, -0.2) is 9.67 Å². The van der Waals surface area contributed by atoms with Crippen LogP contribution in [0.4, 0.5) is 0 Å². The van der Waals surface area contributed by atoms with Gasteiger partial charge in [-0.2, -0.15) is 5.10 Å². The smallest absolute Gasteiger partial charge is 0.300 e. The van der Waals surface area contributed by atoms with E-state index in [4.69, 9.17) is 9.90 Å². The zero-order valence-electron chi connectivity index (χ0n) is 19.0. The third kappa shape index (κ3) is 5.59. The Morgan fingerprint density at radius 2 is 1.70 bits per heavy atom. The van der Waals surface area contributed by atoms with Gasteiger partial charge in [0.05, 0.1) is 12.1 Å². The summed E-state index contributed by atoms with van der Waals surface area (Å²) in [6.45, 7) is 4.73. The van der Waals surface area contributed by atoms with Crippen molar-refractivity contribution in [2.24, 2.45) is 11.8 Å². The molecule has 2 saturated heterocycles. The molecule has 2 aromatic rings. The molecule has 4 atom stereocenters. The lowest BCUT2D eigenvalue weighted by Crippen LogP contribution is -2.36. The number of likely N-dealkylation sites (tertiary alicyclic amines) is 1. The number of benzene rings is 1. The van der Waals surface area contributed by atoms with Crippen LogP contribution in [0.1, 0.15) is 60.5 Å². The number of aliphatic carboxylic acids is 1. The molecule has 0 unspecified atom stereocenters. The fraction of sp³-hybridized carbons (Fsp3) is 0.583. The summed E-state index contributed by atoms with van der Waals surface area (Å²) in [5.74, 6) is 0.654. The molecule has 0 radical (unpaired) electrons. The number of nitrogens with one attached hydrogen (secondary N) is 1. The number of aliphatic hydroxyl groups excluding tert-OH is 1. The van der Waals surface area contributed by atoms with Gasteiger partial charge in [-0.05, 0) is 74.2 Å². The van der Waals surface area contributed by atoms with Gasteiger partial charge < -0.3 is 20.4 Å². The summed E-state index contributed by atoms with van der Waals surface area (Å²) < 4.78 is 1.77. The largest absolute Gasteiger partial charge is 0.481 e. The SMILES string of the molecule is CC(=O)O.O=C(c1ccc(C2CCNCC2)cc1)N1C[C@H]2C[C@@H](n3cncn3)[C@H](O)C[C@H]2C1. The average Bonchev–Trinajstić information content (AvgIpc) is 3.48. The van der Waals surface area contributed by atoms with Crippen molar-refractivity contribution in [3.05, 3.63) is 48.0 Å². The van der Waals surface area contributed by atoms with Crippen LogP contribution in [-0.2, 0) is 4.79 Å². The highest BCUT2D eigenvalue weighted by molar-refractivity contribution is 5.94. The first-order valence-electron chi connectivity index (χ1n) is 11.7. The van der Waals surface area contributed by atoms with Crippen molar-refractivity contribution in [2.75, 3.05) is 26.2 Å². The number of fused-ring (bicyclic) bond motifs is 1. The van der Waals surface area contributed by atoms with Gasteiger partial charge in [0.15, 0.2) is 0 Å². The van der Waals surface area contributed by atoms with Crippen molar-refractivity contribution in [3.63, 3.8) is 0 Å². The molecule has 2 aliphatic heterocycles. The number of carboxylic acid groups (broad SMARTS) is 1. The predicted octanol–water partition coefficient (Wildman–Crippen LogP) is 1.92. The van der Waals surface area contributed by atoms with Gasteiger partial charge in [0.2, 0.25) is 0 Å². The van der Waals surface area contributed by atoms with Gasteiger partial charge in [-0.3, -0.25) is 9.59 Å². The van der Waals surface area contributed by atoms with E-state index >= 15 is 0 Å². The van der Waals surface area contributed by atoms with Gasteiger partial charge >= 0.3 is 0 Å². The highest BCUT2D eigenvalue weighted by Gasteiger charge is 2.43. The number of hydrogen-bond acceptors (Lipinski definition) is 6. The number of carboxylic acids is 1. The van der Waals surface area contributed by atoms with Crippen LogP contribution >= 0.6 is 0 Å². The van der Waals surface area contributed by atoms with Crippen molar-refractivity contribution in [1.29, 1.82) is 0 Å². The second-order valence-corrected chi connectivity index (χ2v) is 9.38. The highest BCUT2D eigenvalue weighted by atomic mass is 16.4. The van der Waals surface area contributed by atoms with Crippen molar-refractivity contribution < 1.29 is 19.8 Å². The van der Waals surface area contributed by atoms with Crippen LogP contribution in [0.3, 0.4) is 0 Å². The van der Waals surface area contributed by atoms with Crippen LogP contribution < -0.4 is 5.32 Å². The highest BCUT2D eigenvalue weighted by Crippen LogP contribution is 2.41. The maximum Gasteiger partial charge on any atom is 0.300 e. The summed E-state index contributed by atoms with van der Waals surface area (Å²) in [6.07, 6.45) is 6.64. The van der Waals surface area contributed by atoms with Crippen molar-refractivity contribution in [1.82, 2.24) is 25.0 Å². The Morgan fingerprint density at radius 3 is 2.30 bits per heavy atom. The quantitative estimate of drug-likeness (QED) is 0.647. The molecule has 3 fully saturated rings. The molecule has 9 nitrogen and oxygen atoms in total. The van der Waals surface area contributed by atoms with Gasteiger partial charge in [0, 0.05) is 25.6 Å². The number of amides is 1. The summed E-state index contributed by atoms with van der Waals surface area (Å²) >= 11 is 0. The van der Waals surface area contributed by atoms with Crippen LogP contribution in [0.2, 0.25) is 0 Å². The van der Waals surface area contributed by atoms with E-state index in [1.54, 1.807) is 11.0 Å². The molecule has 0 bridgehead atoms. The minimum absolute atomic E-state index is 0.0435. The Morgan fingerprint density at radius 1 is 1.06 bits per heavy atom. The molecule has 1 aliphatic carbocycles. The van der Waals surface area contributed by atoms with Gasteiger partial charge in [-0.1, -0.05) is 12.1 Å². The predicted molar refractivity (Wildman–Crippen MR) is 122 cm³/mol. The summed E-state index contributed by atoms with van der Waals surface area (Å²) in [7, 11) is 0.